The first kappa shape index (κ1) is 13.6. The SMILES string of the molecule is COC1(CC(=O)N2CCCCC2c2ncc[nH]2)CCC1. The highest BCUT2D eigenvalue weighted by atomic mass is 16.5. The van der Waals surface area contributed by atoms with E-state index >= 15 is 0 Å². The van der Waals surface area contributed by atoms with E-state index in [2.05, 4.69) is 9.97 Å². The number of hydrogen-bond donors (Lipinski definition) is 1. The molecule has 1 saturated heterocycles. The van der Waals surface area contributed by atoms with Gasteiger partial charge in [0.2, 0.25) is 5.91 Å². The number of aromatic nitrogens is 2. The normalized spacial score (nSPS) is 25.2. The molecule has 0 spiro atoms. The summed E-state index contributed by atoms with van der Waals surface area (Å²) < 4.78 is 5.59. The van der Waals surface area contributed by atoms with E-state index in [0.29, 0.717) is 6.42 Å². The molecular weight excluding hydrogens is 254 g/mol. The molecule has 1 aliphatic heterocycles. The van der Waals surface area contributed by atoms with Gasteiger partial charge in [0.25, 0.3) is 0 Å². The lowest BCUT2D eigenvalue weighted by molar-refractivity contribution is -0.148. The number of H-pyrrole nitrogens is 1. The largest absolute Gasteiger partial charge is 0.378 e. The number of hydrogen-bond acceptors (Lipinski definition) is 3. The van der Waals surface area contributed by atoms with Gasteiger partial charge in [-0.05, 0) is 38.5 Å². The fourth-order valence-electron chi connectivity index (χ4n) is 3.38. The summed E-state index contributed by atoms with van der Waals surface area (Å²) in [5.41, 5.74) is -0.192. The van der Waals surface area contributed by atoms with Crippen LogP contribution in [0.1, 0.15) is 56.8 Å². The zero-order valence-corrected chi connectivity index (χ0v) is 12.1. The van der Waals surface area contributed by atoms with E-state index in [4.69, 9.17) is 4.74 Å². The highest BCUT2D eigenvalue weighted by Crippen LogP contribution is 2.39. The first-order chi connectivity index (χ1) is 9.74. The van der Waals surface area contributed by atoms with Crippen molar-refractivity contribution in [1.82, 2.24) is 14.9 Å². The number of methoxy groups -OCH3 is 1. The predicted molar refractivity (Wildman–Crippen MR) is 75.1 cm³/mol. The number of nitrogens with zero attached hydrogens (tertiary/aromatic N) is 2. The second-order valence-corrected chi connectivity index (χ2v) is 5.99. The molecule has 2 aliphatic rings. The molecule has 1 unspecified atom stereocenters. The van der Waals surface area contributed by atoms with Crippen molar-refractivity contribution in [2.45, 2.75) is 56.6 Å². The van der Waals surface area contributed by atoms with Crippen molar-refractivity contribution >= 4 is 5.91 Å². The lowest BCUT2D eigenvalue weighted by Gasteiger charge is -2.43. The van der Waals surface area contributed by atoms with Crippen LogP contribution in [0.15, 0.2) is 12.4 Å². The van der Waals surface area contributed by atoms with Gasteiger partial charge in [0, 0.05) is 26.0 Å². The van der Waals surface area contributed by atoms with E-state index in [9.17, 15) is 4.79 Å². The van der Waals surface area contributed by atoms with Gasteiger partial charge in [0.05, 0.1) is 18.1 Å². The maximum Gasteiger partial charge on any atom is 0.226 e. The Morgan fingerprint density at radius 1 is 1.50 bits per heavy atom. The summed E-state index contributed by atoms with van der Waals surface area (Å²) in [6.07, 6.45) is 10.5. The molecule has 0 aromatic carbocycles. The Morgan fingerprint density at radius 2 is 2.35 bits per heavy atom. The molecule has 1 aromatic rings. The van der Waals surface area contributed by atoms with Crippen LogP contribution < -0.4 is 0 Å². The van der Waals surface area contributed by atoms with Crippen LogP contribution >= 0.6 is 0 Å². The Hall–Kier alpha value is -1.36. The fourth-order valence-corrected chi connectivity index (χ4v) is 3.38. The lowest BCUT2D eigenvalue weighted by atomic mass is 9.77. The van der Waals surface area contributed by atoms with Crippen LogP contribution in [-0.2, 0) is 9.53 Å². The zero-order valence-electron chi connectivity index (χ0n) is 12.1. The maximum absolute atomic E-state index is 12.7. The van der Waals surface area contributed by atoms with Crippen molar-refractivity contribution in [3.63, 3.8) is 0 Å². The van der Waals surface area contributed by atoms with E-state index in [-0.39, 0.29) is 17.6 Å². The van der Waals surface area contributed by atoms with Crippen molar-refractivity contribution in [3.05, 3.63) is 18.2 Å². The zero-order chi connectivity index (χ0) is 14.0. The molecular formula is C15H23N3O2. The number of ether oxygens (including phenoxy) is 1. The minimum absolute atomic E-state index is 0.111. The van der Waals surface area contributed by atoms with Gasteiger partial charge in [-0.15, -0.1) is 0 Å². The standard InChI is InChI=1S/C15H23N3O2/c1-20-15(6-4-7-15)11-13(19)18-10-3-2-5-12(18)14-16-8-9-17-14/h8-9,12H,2-7,10-11H2,1H3,(H,16,17). The summed E-state index contributed by atoms with van der Waals surface area (Å²) in [7, 11) is 1.73. The molecule has 1 saturated carbocycles. The molecule has 2 fully saturated rings. The highest BCUT2D eigenvalue weighted by molar-refractivity contribution is 5.78. The lowest BCUT2D eigenvalue weighted by Crippen LogP contribution is -2.47. The Balaban J connectivity index is 1.71. The Kier molecular flexibility index (Phi) is 3.78. The van der Waals surface area contributed by atoms with Crippen LogP contribution in [0.4, 0.5) is 0 Å². The second-order valence-electron chi connectivity index (χ2n) is 5.99. The number of carbonyl (C=O) groups is 1. The molecule has 2 heterocycles. The molecule has 1 N–H and O–H groups in total. The van der Waals surface area contributed by atoms with Gasteiger partial charge in [-0.1, -0.05) is 0 Å². The molecule has 1 atom stereocenters. The van der Waals surface area contributed by atoms with E-state index in [1.54, 1.807) is 13.3 Å². The minimum atomic E-state index is -0.192. The van der Waals surface area contributed by atoms with Crippen LogP contribution in [0.3, 0.4) is 0 Å². The second kappa shape index (κ2) is 5.56. The summed E-state index contributed by atoms with van der Waals surface area (Å²) in [4.78, 5) is 22.2. The van der Waals surface area contributed by atoms with Crippen LogP contribution in [0.25, 0.3) is 0 Å². The van der Waals surface area contributed by atoms with E-state index in [0.717, 1.165) is 44.5 Å². The third-order valence-electron chi connectivity index (χ3n) is 4.83. The van der Waals surface area contributed by atoms with Crippen molar-refractivity contribution < 1.29 is 9.53 Å². The number of likely N-dealkylation sites (tertiary alicyclic amines) is 1. The topological polar surface area (TPSA) is 58.2 Å². The Bertz CT molecular complexity index is 448. The number of amides is 1. The fraction of sp³-hybridized carbons (Fsp3) is 0.733. The predicted octanol–water partition coefficient (Wildman–Crippen LogP) is 2.42. The number of imidazole rings is 1. The van der Waals surface area contributed by atoms with Crippen LogP contribution in [0.5, 0.6) is 0 Å². The van der Waals surface area contributed by atoms with Gasteiger partial charge in [0.1, 0.15) is 5.82 Å². The molecule has 1 aromatic heterocycles. The molecule has 0 bridgehead atoms. The smallest absolute Gasteiger partial charge is 0.226 e. The molecule has 110 valence electrons. The maximum atomic E-state index is 12.7. The summed E-state index contributed by atoms with van der Waals surface area (Å²) >= 11 is 0. The number of aromatic amines is 1. The summed E-state index contributed by atoms with van der Waals surface area (Å²) in [6.45, 7) is 0.837. The highest BCUT2D eigenvalue weighted by Gasteiger charge is 2.41. The Labute approximate surface area is 119 Å². The molecule has 1 amide bonds. The number of nitrogens with one attached hydrogen (secondary N) is 1. The van der Waals surface area contributed by atoms with Crippen molar-refractivity contribution in [1.29, 1.82) is 0 Å². The van der Waals surface area contributed by atoms with Gasteiger partial charge in [-0.2, -0.15) is 0 Å². The number of piperidine rings is 1. The van der Waals surface area contributed by atoms with Gasteiger partial charge in [0.15, 0.2) is 0 Å². The van der Waals surface area contributed by atoms with Crippen LogP contribution in [-0.4, -0.2) is 40.0 Å². The van der Waals surface area contributed by atoms with E-state index in [1.807, 2.05) is 11.1 Å². The minimum Gasteiger partial charge on any atom is -0.378 e. The average Bonchev–Trinajstić information content (AvgIpc) is 2.96. The summed E-state index contributed by atoms with van der Waals surface area (Å²) in [5, 5.41) is 0. The summed E-state index contributed by atoms with van der Waals surface area (Å²) in [6, 6.07) is 0.111. The quantitative estimate of drug-likeness (QED) is 0.919. The molecule has 20 heavy (non-hydrogen) atoms. The monoisotopic (exact) mass is 277 g/mol. The van der Waals surface area contributed by atoms with Gasteiger partial charge in [-0.25, -0.2) is 4.98 Å². The van der Waals surface area contributed by atoms with Crippen molar-refractivity contribution in [2.24, 2.45) is 0 Å². The molecule has 3 rings (SSSR count). The first-order valence-corrected chi connectivity index (χ1v) is 7.58. The molecule has 5 heteroatoms. The Morgan fingerprint density at radius 3 is 2.95 bits per heavy atom. The number of rotatable bonds is 4. The van der Waals surface area contributed by atoms with Crippen molar-refractivity contribution in [2.75, 3.05) is 13.7 Å². The molecule has 1 aliphatic carbocycles. The van der Waals surface area contributed by atoms with Gasteiger partial charge >= 0.3 is 0 Å². The van der Waals surface area contributed by atoms with Gasteiger partial charge in [-0.3, -0.25) is 4.79 Å². The average molecular weight is 277 g/mol. The van der Waals surface area contributed by atoms with E-state index in [1.165, 1.54) is 6.42 Å². The third kappa shape index (κ3) is 2.46. The van der Waals surface area contributed by atoms with Crippen molar-refractivity contribution in [3.8, 4) is 0 Å². The summed E-state index contributed by atoms with van der Waals surface area (Å²) in [5.74, 6) is 1.13. The number of carbonyl (C=O) groups excluding carboxylic acids is 1. The third-order valence-corrected chi connectivity index (χ3v) is 4.83. The molecule has 5 nitrogen and oxygen atoms in total. The molecule has 0 radical (unpaired) electrons. The van der Waals surface area contributed by atoms with Crippen LogP contribution in [0.2, 0.25) is 0 Å². The van der Waals surface area contributed by atoms with E-state index < -0.39 is 0 Å². The van der Waals surface area contributed by atoms with Crippen LogP contribution in [0, 0.1) is 0 Å². The first-order valence-electron chi connectivity index (χ1n) is 7.58. The van der Waals surface area contributed by atoms with Gasteiger partial charge < -0.3 is 14.6 Å².